The van der Waals surface area contributed by atoms with Crippen molar-refractivity contribution in [3.8, 4) is 11.5 Å². The Hall–Kier alpha value is -3.22. The van der Waals surface area contributed by atoms with Crippen LogP contribution in [0.4, 0.5) is 0 Å². The predicted octanol–water partition coefficient (Wildman–Crippen LogP) is 5.55. The summed E-state index contributed by atoms with van der Waals surface area (Å²) in [6.45, 7) is 0.585. The zero-order valence-electron chi connectivity index (χ0n) is 20.4. The molecule has 6 nitrogen and oxygen atoms in total. The largest absolute Gasteiger partial charge is 0.497 e. The molecule has 8 heteroatoms. The summed E-state index contributed by atoms with van der Waals surface area (Å²) in [7, 11) is 3.18. The summed E-state index contributed by atoms with van der Waals surface area (Å²) in [5, 5.41) is 3.54. The summed E-state index contributed by atoms with van der Waals surface area (Å²) in [5.74, 6) is 1.06. The van der Waals surface area contributed by atoms with Crippen LogP contribution >= 0.6 is 23.2 Å². The van der Waals surface area contributed by atoms with E-state index in [0.29, 0.717) is 35.2 Å². The van der Waals surface area contributed by atoms with E-state index in [9.17, 15) is 9.59 Å². The number of nitrogens with zero attached hydrogens (tertiary/aromatic N) is 1. The number of amides is 2. The first-order chi connectivity index (χ1) is 17.4. The molecule has 3 rings (SSSR count). The van der Waals surface area contributed by atoms with Crippen molar-refractivity contribution >= 4 is 35.0 Å². The van der Waals surface area contributed by atoms with E-state index in [2.05, 4.69) is 5.32 Å². The summed E-state index contributed by atoms with van der Waals surface area (Å²) in [6.07, 6.45) is 1.10. The van der Waals surface area contributed by atoms with E-state index in [0.717, 1.165) is 16.9 Å². The van der Waals surface area contributed by atoms with Gasteiger partial charge in [-0.15, -0.1) is 0 Å². The van der Waals surface area contributed by atoms with Crippen molar-refractivity contribution in [2.24, 2.45) is 0 Å². The minimum absolute atomic E-state index is 0.149. The van der Waals surface area contributed by atoms with Crippen LogP contribution in [0.15, 0.2) is 72.8 Å². The van der Waals surface area contributed by atoms with Gasteiger partial charge in [0, 0.05) is 26.4 Å². The predicted molar refractivity (Wildman–Crippen MR) is 143 cm³/mol. The highest BCUT2D eigenvalue weighted by atomic mass is 35.5. The van der Waals surface area contributed by atoms with E-state index in [4.69, 9.17) is 32.7 Å². The topological polar surface area (TPSA) is 67.9 Å². The van der Waals surface area contributed by atoms with Crippen LogP contribution in [0.25, 0.3) is 0 Å². The molecule has 190 valence electrons. The first-order valence-corrected chi connectivity index (χ1v) is 12.4. The molecule has 3 aromatic rings. The normalized spacial score (nSPS) is 11.4. The monoisotopic (exact) mass is 528 g/mol. The molecule has 0 aliphatic carbocycles. The van der Waals surface area contributed by atoms with Gasteiger partial charge in [0.15, 0.2) is 0 Å². The molecule has 0 bridgehead atoms. The highest BCUT2D eigenvalue weighted by molar-refractivity contribution is 6.42. The van der Waals surface area contributed by atoms with Gasteiger partial charge in [0.25, 0.3) is 0 Å². The molecule has 2 amide bonds. The van der Waals surface area contributed by atoms with Gasteiger partial charge in [-0.05, 0) is 53.9 Å². The van der Waals surface area contributed by atoms with E-state index in [1.165, 1.54) is 0 Å². The van der Waals surface area contributed by atoms with Crippen LogP contribution in [-0.2, 0) is 22.6 Å². The van der Waals surface area contributed by atoms with Crippen molar-refractivity contribution in [2.45, 2.75) is 31.8 Å². The molecule has 0 heterocycles. The van der Waals surface area contributed by atoms with Gasteiger partial charge in [0.1, 0.15) is 17.5 Å². The Kier molecular flexibility index (Phi) is 10.5. The van der Waals surface area contributed by atoms with Crippen molar-refractivity contribution in [2.75, 3.05) is 20.8 Å². The molecule has 3 aromatic carbocycles. The first kappa shape index (κ1) is 27.4. The maximum atomic E-state index is 13.5. The first-order valence-electron chi connectivity index (χ1n) is 11.7. The van der Waals surface area contributed by atoms with Gasteiger partial charge >= 0.3 is 0 Å². The van der Waals surface area contributed by atoms with Gasteiger partial charge in [-0.2, -0.15) is 0 Å². The Bertz CT molecular complexity index is 1140. The summed E-state index contributed by atoms with van der Waals surface area (Å²) < 4.78 is 10.9. The third-order valence-electron chi connectivity index (χ3n) is 5.72. The highest BCUT2D eigenvalue weighted by Gasteiger charge is 2.29. The zero-order valence-corrected chi connectivity index (χ0v) is 21.9. The van der Waals surface area contributed by atoms with Gasteiger partial charge in [-0.25, -0.2) is 0 Å². The lowest BCUT2D eigenvalue weighted by Crippen LogP contribution is -2.49. The van der Waals surface area contributed by atoms with Crippen molar-refractivity contribution in [1.29, 1.82) is 0 Å². The van der Waals surface area contributed by atoms with E-state index in [-0.39, 0.29) is 24.8 Å². The summed E-state index contributed by atoms with van der Waals surface area (Å²) in [6, 6.07) is 21.4. The fourth-order valence-electron chi connectivity index (χ4n) is 3.78. The maximum Gasteiger partial charge on any atom is 0.242 e. The minimum Gasteiger partial charge on any atom is -0.497 e. The number of hydrogen-bond donors (Lipinski definition) is 1. The molecule has 0 saturated carbocycles. The Morgan fingerprint density at radius 3 is 2.25 bits per heavy atom. The molecule has 0 unspecified atom stereocenters. The molecule has 36 heavy (non-hydrogen) atoms. The second-order valence-corrected chi connectivity index (χ2v) is 9.03. The number of rotatable bonds is 12. The molecule has 0 spiro atoms. The summed E-state index contributed by atoms with van der Waals surface area (Å²) in [4.78, 5) is 28.0. The maximum absolute atomic E-state index is 13.5. The Morgan fingerprint density at radius 1 is 0.917 bits per heavy atom. The quantitative estimate of drug-likeness (QED) is 0.313. The summed E-state index contributed by atoms with van der Waals surface area (Å²) in [5.41, 5.74) is 1.75. The van der Waals surface area contributed by atoms with Crippen LogP contribution in [-0.4, -0.2) is 43.5 Å². The van der Waals surface area contributed by atoms with E-state index in [1.54, 1.807) is 31.2 Å². The van der Waals surface area contributed by atoms with Gasteiger partial charge in [-0.1, -0.05) is 59.6 Å². The number of nitrogens with one attached hydrogen (secondary N) is 1. The van der Waals surface area contributed by atoms with E-state index in [1.807, 2.05) is 60.7 Å². The van der Waals surface area contributed by atoms with Crippen LogP contribution in [0.5, 0.6) is 11.5 Å². The Morgan fingerprint density at radius 2 is 1.61 bits per heavy atom. The second-order valence-electron chi connectivity index (χ2n) is 8.22. The number of halogens is 2. The molecule has 0 radical (unpaired) electrons. The van der Waals surface area contributed by atoms with Crippen molar-refractivity contribution in [3.05, 3.63) is 94.0 Å². The molecular formula is C28H30Cl2N2O4. The average molecular weight is 529 g/mol. The fraction of sp³-hybridized carbons (Fsp3) is 0.286. The number of ether oxygens (including phenoxy) is 2. The lowest BCUT2D eigenvalue weighted by Gasteiger charge is -2.31. The molecule has 0 saturated heterocycles. The van der Waals surface area contributed by atoms with Crippen LogP contribution < -0.4 is 14.8 Å². The third-order valence-corrected chi connectivity index (χ3v) is 6.46. The lowest BCUT2D eigenvalue weighted by molar-refractivity contribution is -0.141. The zero-order chi connectivity index (χ0) is 25.9. The number of benzene rings is 3. The fourth-order valence-corrected chi connectivity index (χ4v) is 4.10. The van der Waals surface area contributed by atoms with E-state index < -0.39 is 6.04 Å². The average Bonchev–Trinajstić information content (AvgIpc) is 2.91. The van der Waals surface area contributed by atoms with Crippen molar-refractivity contribution in [3.63, 3.8) is 0 Å². The molecule has 1 atom stereocenters. The number of carbonyl (C=O) groups excluding carboxylic acids is 2. The molecule has 0 aliphatic rings. The van der Waals surface area contributed by atoms with Gasteiger partial charge < -0.3 is 19.7 Å². The number of methoxy groups -OCH3 is 1. The molecule has 1 N–H and O–H groups in total. The second kappa shape index (κ2) is 13.8. The highest BCUT2D eigenvalue weighted by Crippen LogP contribution is 2.25. The Labute approximate surface area is 222 Å². The molecule has 0 aromatic heterocycles. The van der Waals surface area contributed by atoms with Gasteiger partial charge in [0.05, 0.1) is 23.8 Å². The van der Waals surface area contributed by atoms with Gasteiger partial charge in [-0.3, -0.25) is 9.59 Å². The number of likely N-dealkylation sites (N-methyl/N-ethyl adjacent to an activating group) is 1. The van der Waals surface area contributed by atoms with Crippen LogP contribution in [0.2, 0.25) is 10.0 Å². The van der Waals surface area contributed by atoms with Crippen LogP contribution in [0, 0.1) is 0 Å². The van der Waals surface area contributed by atoms with Gasteiger partial charge in [0.2, 0.25) is 11.8 Å². The van der Waals surface area contributed by atoms with Crippen LogP contribution in [0.3, 0.4) is 0 Å². The smallest absolute Gasteiger partial charge is 0.242 e. The molecular weight excluding hydrogens is 499 g/mol. The van der Waals surface area contributed by atoms with Crippen molar-refractivity contribution in [1.82, 2.24) is 10.2 Å². The number of carbonyl (C=O) groups is 2. The minimum atomic E-state index is -0.693. The number of hydrogen-bond acceptors (Lipinski definition) is 4. The molecule has 0 fully saturated rings. The summed E-state index contributed by atoms with van der Waals surface area (Å²) >= 11 is 12.3. The Balaban J connectivity index is 1.74. The van der Waals surface area contributed by atoms with Crippen molar-refractivity contribution < 1.29 is 19.1 Å². The van der Waals surface area contributed by atoms with E-state index >= 15 is 0 Å². The molecule has 0 aliphatic heterocycles. The third kappa shape index (κ3) is 7.90. The lowest BCUT2D eigenvalue weighted by atomic mass is 10.0. The SMILES string of the molecule is CNC(=O)[C@H](Cc1ccccc1)N(Cc1ccc(Cl)c(Cl)c1)C(=O)CCCOc1ccc(OC)cc1. The standard InChI is InChI=1S/C28H30Cl2N2O4/c1-31-28(34)26(18-20-7-4-3-5-8-20)32(19-21-10-15-24(29)25(30)17-21)27(33)9-6-16-36-23-13-11-22(35-2)12-14-23/h3-5,7-8,10-15,17,26H,6,9,16,18-19H2,1-2H3,(H,31,34)/t26-/m0/s1. The van der Waals surface area contributed by atoms with Crippen LogP contribution in [0.1, 0.15) is 24.0 Å².